The summed E-state index contributed by atoms with van der Waals surface area (Å²) >= 11 is 3.43. The summed E-state index contributed by atoms with van der Waals surface area (Å²) in [6.07, 6.45) is 1.44. The first-order valence-corrected chi connectivity index (χ1v) is 13.0. The predicted molar refractivity (Wildman–Crippen MR) is 138 cm³/mol. The van der Waals surface area contributed by atoms with Gasteiger partial charge in [-0.2, -0.15) is 5.10 Å². The molecule has 3 aromatic rings. The molecule has 3 aromatic carbocycles. The number of fused-ring (bicyclic) bond motifs is 1. The lowest BCUT2D eigenvalue weighted by Gasteiger charge is -2.24. The number of carbonyl (C=O) groups is 1. The van der Waals surface area contributed by atoms with E-state index in [2.05, 4.69) is 26.5 Å². The van der Waals surface area contributed by atoms with Crippen molar-refractivity contribution in [3.8, 4) is 11.5 Å². The van der Waals surface area contributed by atoms with Crippen LogP contribution in [0.25, 0.3) is 0 Å². The number of nitrogens with zero attached hydrogens (tertiary/aromatic N) is 2. The van der Waals surface area contributed by atoms with Crippen molar-refractivity contribution in [2.75, 3.05) is 17.6 Å². The van der Waals surface area contributed by atoms with E-state index in [1.54, 1.807) is 36.4 Å². The minimum absolute atomic E-state index is 0.0990. The van der Waals surface area contributed by atoms with E-state index in [4.69, 9.17) is 9.47 Å². The van der Waals surface area contributed by atoms with Crippen molar-refractivity contribution in [2.45, 2.75) is 25.7 Å². The third kappa shape index (κ3) is 5.49. The fourth-order valence-electron chi connectivity index (χ4n) is 3.40. The third-order valence-electron chi connectivity index (χ3n) is 5.56. The summed E-state index contributed by atoms with van der Waals surface area (Å²) in [5, 5.41) is 4.00. The molecule has 0 bridgehead atoms. The van der Waals surface area contributed by atoms with Crippen LogP contribution in [0.15, 0.2) is 69.1 Å². The van der Waals surface area contributed by atoms with E-state index in [9.17, 15) is 13.2 Å². The fraction of sp³-hybridized carbons (Fsp3) is 0.200. The number of benzene rings is 3. The van der Waals surface area contributed by atoms with Crippen LogP contribution in [0.3, 0.4) is 0 Å². The Labute approximate surface area is 212 Å². The summed E-state index contributed by atoms with van der Waals surface area (Å²) in [5.41, 5.74) is 6.34. The number of carbonyl (C=O) groups excluding carboxylic acids is 1. The Balaban J connectivity index is 1.57. The van der Waals surface area contributed by atoms with Crippen molar-refractivity contribution in [3.05, 3.63) is 81.3 Å². The zero-order valence-electron chi connectivity index (χ0n) is 19.4. The molecule has 0 aliphatic carbocycles. The molecule has 0 unspecified atom stereocenters. The van der Waals surface area contributed by atoms with Gasteiger partial charge in [-0.1, -0.05) is 23.8 Å². The van der Waals surface area contributed by atoms with Crippen molar-refractivity contribution in [1.29, 1.82) is 0 Å². The predicted octanol–water partition coefficient (Wildman–Crippen LogP) is 4.45. The van der Waals surface area contributed by atoms with Gasteiger partial charge in [0.05, 0.1) is 16.8 Å². The third-order valence-corrected chi connectivity index (χ3v) is 8.03. The Morgan fingerprint density at radius 3 is 2.40 bits per heavy atom. The van der Waals surface area contributed by atoms with Crippen LogP contribution < -0.4 is 19.2 Å². The van der Waals surface area contributed by atoms with E-state index >= 15 is 0 Å². The number of amides is 1. The number of hydrogen-bond acceptors (Lipinski definition) is 6. The average molecular weight is 558 g/mol. The van der Waals surface area contributed by atoms with Gasteiger partial charge in [-0.3, -0.25) is 9.10 Å². The normalized spacial score (nSPS) is 12.7. The van der Waals surface area contributed by atoms with Crippen LogP contribution in [0.5, 0.6) is 11.5 Å². The number of anilines is 1. The number of aryl methyl sites for hydroxylation is 3. The molecule has 0 spiro atoms. The number of sulfonamides is 1. The van der Waals surface area contributed by atoms with E-state index in [1.165, 1.54) is 18.3 Å². The first-order valence-electron chi connectivity index (χ1n) is 10.7. The van der Waals surface area contributed by atoms with Gasteiger partial charge in [-0.05, 0) is 84.2 Å². The number of halogens is 1. The Morgan fingerprint density at radius 1 is 1.03 bits per heavy atom. The van der Waals surface area contributed by atoms with Crippen LogP contribution in [0, 0.1) is 20.8 Å². The van der Waals surface area contributed by atoms with Gasteiger partial charge in [0.25, 0.3) is 15.9 Å². The molecule has 0 atom stereocenters. The minimum Gasteiger partial charge on any atom is -0.454 e. The van der Waals surface area contributed by atoms with Crippen molar-refractivity contribution in [3.63, 3.8) is 0 Å². The fourth-order valence-corrected chi connectivity index (χ4v) is 5.24. The molecule has 35 heavy (non-hydrogen) atoms. The molecule has 0 aromatic heterocycles. The Hall–Kier alpha value is -3.37. The molecule has 8 nitrogen and oxygen atoms in total. The van der Waals surface area contributed by atoms with Crippen LogP contribution in [-0.2, 0) is 14.8 Å². The zero-order chi connectivity index (χ0) is 25.2. The van der Waals surface area contributed by atoms with Crippen LogP contribution in [0.1, 0.15) is 22.3 Å². The highest BCUT2D eigenvalue weighted by molar-refractivity contribution is 9.10. The van der Waals surface area contributed by atoms with Crippen molar-refractivity contribution >= 4 is 43.8 Å². The molecule has 1 N–H and O–H groups in total. The number of hydrogen-bond donors (Lipinski definition) is 1. The van der Waals surface area contributed by atoms with Gasteiger partial charge < -0.3 is 9.47 Å². The average Bonchev–Trinajstić information content (AvgIpc) is 3.27. The molecule has 0 saturated carbocycles. The number of rotatable bonds is 7. The molecular formula is C25H24BrN3O5S. The highest BCUT2D eigenvalue weighted by atomic mass is 79.9. The van der Waals surface area contributed by atoms with E-state index in [1.807, 2.05) is 26.8 Å². The first kappa shape index (κ1) is 24.7. The molecular weight excluding hydrogens is 534 g/mol. The summed E-state index contributed by atoms with van der Waals surface area (Å²) < 4.78 is 39.5. The molecule has 0 radical (unpaired) electrons. The quantitative estimate of drug-likeness (QED) is 0.342. The van der Waals surface area contributed by atoms with Crippen molar-refractivity contribution in [2.24, 2.45) is 5.10 Å². The van der Waals surface area contributed by atoms with Gasteiger partial charge in [0.15, 0.2) is 11.5 Å². The molecule has 0 saturated heterocycles. The smallest absolute Gasteiger partial charge is 0.264 e. The molecule has 1 aliphatic rings. The van der Waals surface area contributed by atoms with Crippen LogP contribution in [-0.4, -0.2) is 33.9 Å². The molecule has 1 heterocycles. The van der Waals surface area contributed by atoms with Gasteiger partial charge in [0, 0.05) is 10.0 Å². The lowest BCUT2D eigenvalue weighted by molar-refractivity contribution is -0.119. The van der Waals surface area contributed by atoms with Gasteiger partial charge in [-0.25, -0.2) is 13.8 Å². The molecule has 182 valence electrons. The van der Waals surface area contributed by atoms with Gasteiger partial charge >= 0.3 is 0 Å². The molecule has 0 fully saturated rings. The van der Waals surface area contributed by atoms with Crippen LogP contribution in [0.2, 0.25) is 0 Å². The lowest BCUT2D eigenvalue weighted by Crippen LogP contribution is -2.39. The zero-order valence-corrected chi connectivity index (χ0v) is 21.8. The van der Waals surface area contributed by atoms with Gasteiger partial charge in [0.2, 0.25) is 6.79 Å². The topological polar surface area (TPSA) is 97.3 Å². The molecule has 10 heteroatoms. The van der Waals surface area contributed by atoms with Crippen LogP contribution in [0.4, 0.5) is 5.69 Å². The highest BCUT2D eigenvalue weighted by Crippen LogP contribution is 2.36. The van der Waals surface area contributed by atoms with Gasteiger partial charge in [-0.15, -0.1) is 0 Å². The molecule has 4 rings (SSSR count). The summed E-state index contributed by atoms with van der Waals surface area (Å²) in [6.45, 7) is 5.40. The largest absolute Gasteiger partial charge is 0.454 e. The Bertz CT molecular complexity index is 1410. The van der Waals surface area contributed by atoms with Crippen LogP contribution >= 0.6 is 15.9 Å². The van der Waals surface area contributed by atoms with E-state index < -0.39 is 22.5 Å². The monoisotopic (exact) mass is 557 g/mol. The highest BCUT2D eigenvalue weighted by Gasteiger charge is 2.27. The van der Waals surface area contributed by atoms with E-state index in [0.717, 1.165) is 21.0 Å². The Kier molecular flexibility index (Phi) is 7.13. The minimum atomic E-state index is -4.00. The van der Waals surface area contributed by atoms with Crippen molar-refractivity contribution in [1.82, 2.24) is 5.43 Å². The maximum absolute atomic E-state index is 13.5. The summed E-state index contributed by atoms with van der Waals surface area (Å²) in [7, 11) is -4.00. The number of hydrazone groups is 1. The summed E-state index contributed by atoms with van der Waals surface area (Å²) in [6, 6.07) is 15.3. The standard InChI is InChI=1S/C25H24BrN3O5S/c1-16-4-8-21(9-5-16)35(31,32)29(20-7-6-17(2)18(3)10-20)14-25(30)28-27-13-19-11-23-24(12-22(19)26)34-15-33-23/h4-13H,14-15H2,1-3H3,(H,28,30)/b27-13-. The number of nitrogens with one attached hydrogen (secondary N) is 1. The lowest BCUT2D eigenvalue weighted by atomic mass is 10.1. The summed E-state index contributed by atoms with van der Waals surface area (Å²) in [5.74, 6) is 0.599. The van der Waals surface area contributed by atoms with Crippen molar-refractivity contribution < 1.29 is 22.7 Å². The number of ether oxygens (including phenoxy) is 2. The maximum Gasteiger partial charge on any atom is 0.264 e. The van der Waals surface area contributed by atoms with E-state index in [0.29, 0.717) is 27.2 Å². The maximum atomic E-state index is 13.5. The second-order valence-electron chi connectivity index (χ2n) is 8.11. The van der Waals surface area contributed by atoms with Gasteiger partial charge in [0.1, 0.15) is 6.54 Å². The summed E-state index contributed by atoms with van der Waals surface area (Å²) in [4.78, 5) is 12.9. The second-order valence-corrected chi connectivity index (χ2v) is 10.8. The second kappa shape index (κ2) is 10.1. The van der Waals surface area contributed by atoms with E-state index in [-0.39, 0.29) is 11.7 Å². The Morgan fingerprint density at radius 2 is 1.71 bits per heavy atom. The molecule has 1 amide bonds. The SMILES string of the molecule is Cc1ccc(S(=O)(=O)N(CC(=O)N/N=C\c2cc3c(cc2Br)OCO3)c2ccc(C)c(C)c2)cc1. The first-order chi connectivity index (χ1) is 16.6. The molecule has 1 aliphatic heterocycles.